The van der Waals surface area contributed by atoms with Crippen molar-refractivity contribution in [3.05, 3.63) is 111 Å². The minimum absolute atomic E-state index is 0.130. The Hall–Kier alpha value is -3.81. The highest BCUT2D eigenvalue weighted by Gasteiger charge is 2.27. The number of hydrogen-bond donors (Lipinski definition) is 4. The number of anilines is 1. The summed E-state index contributed by atoms with van der Waals surface area (Å²) in [6.07, 6.45) is 2.59. The number of nitrogens with one attached hydrogen (secondary N) is 3. The lowest BCUT2D eigenvalue weighted by atomic mass is 9.96. The second-order valence-corrected chi connectivity index (χ2v) is 9.72. The third kappa shape index (κ3) is 4.67. The van der Waals surface area contributed by atoms with E-state index in [0.29, 0.717) is 34.7 Å². The fraction of sp³-hybridized carbons (Fsp3) is 0.0714. The number of nitrogens with two attached hydrogens (primary N) is 1. The predicted octanol–water partition coefficient (Wildman–Crippen LogP) is 6.36. The van der Waals surface area contributed by atoms with Gasteiger partial charge in [-0.2, -0.15) is 0 Å². The van der Waals surface area contributed by atoms with Gasteiger partial charge in [0.05, 0.1) is 11.3 Å². The van der Waals surface area contributed by atoms with Crippen LogP contribution in [0.1, 0.15) is 32.0 Å². The third-order valence-electron chi connectivity index (χ3n) is 6.08. The van der Waals surface area contributed by atoms with E-state index >= 15 is 0 Å². The Labute approximate surface area is 221 Å². The number of nitrogen functional groups attached to an aromatic ring is 1. The molecule has 0 radical (unpaired) electrons. The molecular weight excluding hydrogens is 540 g/mol. The molecule has 5 aromatic rings. The molecule has 2 heterocycles. The molecule has 1 amide bonds. The molecule has 0 aliphatic heterocycles. The summed E-state index contributed by atoms with van der Waals surface area (Å²) in [5.41, 5.74) is 10.5. The fourth-order valence-corrected chi connectivity index (χ4v) is 4.70. The zero-order valence-electron chi connectivity index (χ0n) is 19.1. The van der Waals surface area contributed by atoms with Crippen LogP contribution in [-0.4, -0.2) is 28.2 Å². The van der Waals surface area contributed by atoms with Gasteiger partial charge in [-0.05, 0) is 60.0 Å². The molecule has 0 saturated heterocycles. The van der Waals surface area contributed by atoms with Gasteiger partial charge in [-0.25, -0.2) is 0 Å². The van der Waals surface area contributed by atoms with Gasteiger partial charge in [0, 0.05) is 44.3 Å². The zero-order valence-corrected chi connectivity index (χ0v) is 21.4. The van der Waals surface area contributed by atoms with Gasteiger partial charge in [-0.1, -0.05) is 57.9 Å². The van der Waals surface area contributed by atoms with Crippen LogP contribution >= 0.6 is 27.5 Å². The molecule has 0 aliphatic carbocycles. The smallest absolute Gasteiger partial charge is 0.255 e. The molecule has 5 N–H and O–H groups in total. The van der Waals surface area contributed by atoms with Crippen LogP contribution in [0.3, 0.4) is 0 Å². The molecule has 6 nitrogen and oxygen atoms in total. The second-order valence-electron chi connectivity index (χ2n) is 8.37. The molecule has 0 spiro atoms. The summed E-state index contributed by atoms with van der Waals surface area (Å²) in [7, 11) is 0. The monoisotopic (exact) mass is 560 g/mol. The molecular formula is C28H22BrClN4O2. The van der Waals surface area contributed by atoms with Crippen molar-refractivity contribution in [2.45, 2.75) is 6.42 Å². The van der Waals surface area contributed by atoms with Gasteiger partial charge in [0.1, 0.15) is 5.82 Å². The maximum Gasteiger partial charge on any atom is 0.255 e. The summed E-state index contributed by atoms with van der Waals surface area (Å²) in [6.45, 7) is 0.404. The van der Waals surface area contributed by atoms with Gasteiger partial charge in [-0.3, -0.25) is 9.59 Å². The number of amides is 1. The summed E-state index contributed by atoms with van der Waals surface area (Å²) in [5.74, 6) is -0.495. The number of fused-ring (bicyclic) bond motifs is 1. The van der Waals surface area contributed by atoms with E-state index in [0.717, 1.165) is 20.9 Å². The minimum Gasteiger partial charge on any atom is -0.385 e. The minimum atomic E-state index is -0.358. The normalized spacial score (nSPS) is 11.1. The Morgan fingerprint density at radius 3 is 2.44 bits per heavy atom. The molecule has 3 aromatic carbocycles. The van der Waals surface area contributed by atoms with Crippen molar-refractivity contribution < 1.29 is 9.59 Å². The number of carbonyl (C=O) groups is 2. The SMILES string of the molecule is Nc1[nH]c(C(=O)c2ccc(Br)cc2)c(-c2ccc(Cl)cc2)c1C(=O)NCCc1c[nH]c2ccccc12. The largest absolute Gasteiger partial charge is 0.385 e. The maximum absolute atomic E-state index is 13.4. The standard InChI is InChI=1S/C28H22BrClN4O2/c29-19-9-5-17(6-10-19)26(35)25-23(16-7-11-20(30)12-8-16)24(27(31)34-25)28(36)32-14-13-18-15-33-22-4-2-1-3-21(18)22/h1-12,15,33-34H,13-14,31H2,(H,32,36). The van der Waals surface area contributed by atoms with Crippen molar-refractivity contribution in [3.8, 4) is 11.1 Å². The number of hydrogen-bond acceptors (Lipinski definition) is 3. The highest BCUT2D eigenvalue weighted by Crippen LogP contribution is 2.34. The van der Waals surface area contributed by atoms with Crippen LogP contribution in [0.2, 0.25) is 5.02 Å². The average molecular weight is 562 g/mol. The van der Waals surface area contributed by atoms with Gasteiger partial charge in [0.15, 0.2) is 0 Å². The second kappa shape index (κ2) is 10.0. The lowest BCUT2D eigenvalue weighted by molar-refractivity contribution is 0.0955. The Bertz CT molecular complexity index is 1570. The molecule has 5 rings (SSSR count). The number of benzene rings is 3. The molecule has 0 bridgehead atoms. The van der Waals surface area contributed by atoms with Gasteiger partial charge in [0.2, 0.25) is 5.78 Å². The van der Waals surface area contributed by atoms with E-state index in [1.807, 2.05) is 30.5 Å². The quantitative estimate of drug-likeness (QED) is 0.174. The van der Waals surface area contributed by atoms with Crippen molar-refractivity contribution >= 4 is 55.9 Å². The summed E-state index contributed by atoms with van der Waals surface area (Å²) < 4.78 is 0.859. The van der Waals surface area contributed by atoms with Gasteiger partial charge in [0.25, 0.3) is 5.91 Å². The first-order valence-electron chi connectivity index (χ1n) is 11.3. The van der Waals surface area contributed by atoms with Crippen molar-refractivity contribution in [2.24, 2.45) is 0 Å². The summed E-state index contributed by atoms with van der Waals surface area (Å²) in [6, 6.07) is 22.0. The Kier molecular flexibility index (Phi) is 6.67. The molecule has 8 heteroatoms. The number of carbonyl (C=O) groups excluding carboxylic acids is 2. The van der Waals surface area contributed by atoms with Gasteiger partial charge >= 0.3 is 0 Å². The van der Waals surface area contributed by atoms with Crippen LogP contribution < -0.4 is 11.1 Å². The molecule has 180 valence electrons. The predicted molar refractivity (Wildman–Crippen MR) is 148 cm³/mol. The van der Waals surface area contributed by atoms with E-state index in [4.69, 9.17) is 17.3 Å². The maximum atomic E-state index is 13.4. The average Bonchev–Trinajstić information content (AvgIpc) is 3.45. The van der Waals surface area contributed by atoms with E-state index in [1.54, 1.807) is 48.5 Å². The number of aromatic nitrogens is 2. The molecule has 0 unspecified atom stereocenters. The van der Waals surface area contributed by atoms with Crippen molar-refractivity contribution in [1.82, 2.24) is 15.3 Å². The molecule has 0 aliphatic rings. The van der Waals surface area contributed by atoms with Crippen LogP contribution in [0, 0.1) is 0 Å². The third-order valence-corrected chi connectivity index (χ3v) is 6.86. The van der Waals surface area contributed by atoms with E-state index < -0.39 is 0 Å². The summed E-state index contributed by atoms with van der Waals surface area (Å²) >= 11 is 9.48. The van der Waals surface area contributed by atoms with Crippen LogP contribution in [0.4, 0.5) is 5.82 Å². The Morgan fingerprint density at radius 2 is 1.69 bits per heavy atom. The fourth-order valence-electron chi connectivity index (χ4n) is 4.31. The lowest BCUT2D eigenvalue weighted by Crippen LogP contribution is -2.26. The van der Waals surface area contributed by atoms with Crippen LogP contribution in [0.15, 0.2) is 83.5 Å². The summed E-state index contributed by atoms with van der Waals surface area (Å²) in [5, 5.41) is 4.64. The topological polar surface area (TPSA) is 104 Å². The first kappa shape index (κ1) is 23.9. The molecule has 0 atom stereocenters. The number of rotatable bonds is 7. The Balaban J connectivity index is 1.46. The highest BCUT2D eigenvalue weighted by molar-refractivity contribution is 9.10. The lowest BCUT2D eigenvalue weighted by Gasteiger charge is -2.10. The van der Waals surface area contributed by atoms with Crippen LogP contribution in [0.25, 0.3) is 22.0 Å². The number of para-hydroxylation sites is 1. The molecule has 0 fully saturated rings. The van der Waals surface area contributed by atoms with Crippen molar-refractivity contribution in [1.29, 1.82) is 0 Å². The van der Waals surface area contributed by atoms with E-state index in [-0.39, 0.29) is 28.8 Å². The van der Waals surface area contributed by atoms with Crippen LogP contribution in [0.5, 0.6) is 0 Å². The molecule has 0 saturated carbocycles. The van der Waals surface area contributed by atoms with E-state index in [1.165, 1.54) is 0 Å². The number of aromatic amines is 2. The first-order chi connectivity index (χ1) is 17.4. The van der Waals surface area contributed by atoms with Crippen molar-refractivity contribution in [3.63, 3.8) is 0 Å². The van der Waals surface area contributed by atoms with E-state index in [9.17, 15) is 9.59 Å². The van der Waals surface area contributed by atoms with Gasteiger partial charge < -0.3 is 21.0 Å². The molecule has 36 heavy (non-hydrogen) atoms. The van der Waals surface area contributed by atoms with Crippen molar-refractivity contribution in [2.75, 3.05) is 12.3 Å². The van der Waals surface area contributed by atoms with E-state index in [2.05, 4.69) is 31.2 Å². The Morgan fingerprint density at radius 1 is 0.972 bits per heavy atom. The van der Waals surface area contributed by atoms with Gasteiger partial charge in [-0.15, -0.1) is 0 Å². The first-order valence-corrected chi connectivity index (χ1v) is 12.5. The summed E-state index contributed by atoms with van der Waals surface area (Å²) in [4.78, 5) is 33.0. The zero-order chi connectivity index (χ0) is 25.2. The number of ketones is 1. The highest BCUT2D eigenvalue weighted by atomic mass is 79.9. The van der Waals surface area contributed by atoms with Crippen LogP contribution in [-0.2, 0) is 6.42 Å². The molecule has 2 aromatic heterocycles. The number of halogens is 2. The number of H-pyrrole nitrogens is 2.